The average molecular weight is 506 g/mol. The molecule has 1 amide bonds. The van der Waals surface area contributed by atoms with Gasteiger partial charge in [0.05, 0.1) is 29.8 Å². The molecule has 7 nitrogen and oxygen atoms in total. The van der Waals surface area contributed by atoms with Crippen LogP contribution < -0.4 is 14.5 Å². The smallest absolute Gasteiger partial charge is 0.273 e. The van der Waals surface area contributed by atoms with Gasteiger partial charge in [-0.15, -0.1) is 0 Å². The molecule has 1 fully saturated rings. The summed E-state index contributed by atoms with van der Waals surface area (Å²) < 4.78 is 34.2. The van der Waals surface area contributed by atoms with Crippen LogP contribution in [-0.2, 0) is 16.6 Å². The molecule has 1 N–H and O–H groups in total. The van der Waals surface area contributed by atoms with Crippen molar-refractivity contribution >= 4 is 27.3 Å². The minimum absolute atomic E-state index is 0.0635. The van der Waals surface area contributed by atoms with Crippen LogP contribution in [0.4, 0.5) is 5.69 Å². The van der Waals surface area contributed by atoms with Crippen molar-refractivity contribution in [2.75, 3.05) is 11.4 Å². The number of ether oxygens (including phenoxy) is 1. The van der Waals surface area contributed by atoms with Gasteiger partial charge in [-0.3, -0.25) is 9.10 Å². The number of benzene rings is 3. The maximum atomic E-state index is 13.9. The Morgan fingerprint density at radius 3 is 2.19 bits per heavy atom. The molecule has 0 atom stereocenters. The Bertz CT molecular complexity index is 1300. The number of hydrogen-bond donors (Lipinski definition) is 1. The van der Waals surface area contributed by atoms with Crippen LogP contribution in [0.15, 0.2) is 88.9 Å². The van der Waals surface area contributed by atoms with Gasteiger partial charge < -0.3 is 4.74 Å². The topological polar surface area (TPSA) is 88.1 Å². The molecule has 0 spiro atoms. The van der Waals surface area contributed by atoms with Gasteiger partial charge in [0.1, 0.15) is 5.75 Å². The van der Waals surface area contributed by atoms with Crippen molar-refractivity contribution in [1.82, 2.24) is 5.43 Å². The molecule has 1 aliphatic rings. The van der Waals surface area contributed by atoms with Crippen molar-refractivity contribution in [3.8, 4) is 5.75 Å². The zero-order valence-corrected chi connectivity index (χ0v) is 21.2. The number of hydrazone groups is 1. The lowest BCUT2D eigenvalue weighted by molar-refractivity contribution is 0.0955. The van der Waals surface area contributed by atoms with Crippen molar-refractivity contribution in [1.29, 1.82) is 0 Å². The monoisotopic (exact) mass is 505 g/mol. The number of amides is 1. The Morgan fingerprint density at radius 2 is 1.53 bits per heavy atom. The van der Waals surface area contributed by atoms with Crippen LogP contribution in [0.3, 0.4) is 0 Å². The number of nitrogens with zero attached hydrogens (tertiary/aromatic N) is 2. The van der Waals surface area contributed by atoms with E-state index in [1.807, 2.05) is 30.3 Å². The van der Waals surface area contributed by atoms with Gasteiger partial charge in [0.2, 0.25) is 0 Å². The average Bonchev–Trinajstić information content (AvgIpc) is 3.20. The number of anilines is 1. The van der Waals surface area contributed by atoms with Gasteiger partial charge in [-0.2, -0.15) is 5.10 Å². The molecule has 4 rings (SSSR count). The first-order chi connectivity index (χ1) is 17.5. The van der Waals surface area contributed by atoms with E-state index >= 15 is 0 Å². The van der Waals surface area contributed by atoms with E-state index in [0.29, 0.717) is 5.75 Å². The zero-order valence-electron chi connectivity index (χ0n) is 20.4. The van der Waals surface area contributed by atoms with Crippen molar-refractivity contribution in [3.05, 3.63) is 90.0 Å². The summed E-state index contributed by atoms with van der Waals surface area (Å²) in [6.07, 6.45) is 6.22. The predicted molar refractivity (Wildman–Crippen MR) is 142 cm³/mol. The largest absolute Gasteiger partial charge is 0.497 e. The Kier molecular flexibility index (Phi) is 8.38. The highest BCUT2D eigenvalue weighted by molar-refractivity contribution is 7.92. The van der Waals surface area contributed by atoms with E-state index in [1.165, 1.54) is 36.4 Å². The summed E-state index contributed by atoms with van der Waals surface area (Å²) in [5, 5.41) is 4.38. The number of carbonyl (C=O) groups is 1. The van der Waals surface area contributed by atoms with Crippen molar-refractivity contribution in [3.63, 3.8) is 0 Å². The summed E-state index contributed by atoms with van der Waals surface area (Å²) >= 11 is 0. The van der Waals surface area contributed by atoms with E-state index in [4.69, 9.17) is 4.74 Å². The predicted octanol–water partition coefficient (Wildman–Crippen LogP) is 5.53. The van der Waals surface area contributed by atoms with Crippen LogP contribution in [-0.4, -0.2) is 27.1 Å². The number of nitrogens with one attached hydrogen (secondary N) is 1. The van der Waals surface area contributed by atoms with Crippen molar-refractivity contribution in [2.45, 2.75) is 50.0 Å². The van der Waals surface area contributed by atoms with Gasteiger partial charge >= 0.3 is 0 Å². The molecule has 0 radical (unpaired) electrons. The van der Waals surface area contributed by atoms with Gasteiger partial charge in [0.25, 0.3) is 15.9 Å². The minimum atomic E-state index is -4.01. The number of sulfonamides is 1. The van der Waals surface area contributed by atoms with E-state index in [1.54, 1.807) is 36.4 Å². The van der Waals surface area contributed by atoms with Crippen LogP contribution in [0.25, 0.3) is 0 Å². The van der Waals surface area contributed by atoms with Crippen molar-refractivity contribution < 1.29 is 17.9 Å². The van der Waals surface area contributed by atoms with Gasteiger partial charge in [0, 0.05) is 5.71 Å². The van der Waals surface area contributed by atoms with Gasteiger partial charge in [-0.1, -0.05) is 55.3 Å². The molecular weight excluding hydrogens is 474 g/mol. The lowest BCUT2D eigenvalue weighted by Crippen LogP contribution is -2.33. The normalized spacial score (nSPS) is 14.0. The van der Waals surface area contributed by atoms with Gasteiger partial charge in [-0.25, -0.2) is 13.8 Å². The molecule has 0 aliphatic heterocycles. The maximum Gasteiger partial charge on any atom is 0.273 e. The van der Waals surface area contributed by atoms with Crippen LogP contribution in [0.1, 0.15) is 54.4 Å². The van der Waals surface area contributed by atoms with E-state index < -0.39 is 15.9 Å². The molecule has 3 aromatic rings. The van der Waals surface area contributed by atoms with Gasteiger partial charge in [-0.05, 0) is 67.6 Å². The summed E-state index contributed by atoms with van der Waals surface area (Å²) in [6, 6.07) is 22.3. The highest BCUT2D eigenvalue weighted by Gasteiger charge is 2.28. The minimum Gasteiger partial charge on any atom is -0.497 e. The van der Waals surface area contributed by atoms with E-state index in [9.17, 15) is 13.2 Å². The fourth-order valence-corrected chi connectivity index (χ4v) is 5.72. The third-order valence-electron chi connectivity index (χ3n) is 6.23. The fraction of sp³-hybridized carbons (Fsp3) is 0.286. The first kappa shape index (κ1) is 25.4. The second-order valence-corrected chi connectivity index (χ2v) is 10.6. The first-order valence-electron chi connectivity index (χ1n) is 12.1. The van der Waals surface area contributed by atoms with E-state index in [-0.39, 0.29) is 22.7 Å². The number of para-hydroxylation sites is 1. The highest BCUT2D eigenvalue weighted by Crippen LogP contribution is 2.30. The molecule has 1 saturated carbocycles. The second kappa shape index (κ2) is 11.9. The summed E-state index contributed by atoms with van der Waals surface area (Å²) in [4.78, 5) is 13.3. The standard InChI is InChI=1S/C28H31N3O4S/c1-35-24-17-19-25(20-18-24)36(33,34)31(21-22-11-5-4-6-12-22)27-16-10-9-15-26(27)28(32)30-29-23-13-7-2-3-8-14-23/h4-6,9-12,15-20H,2-3,7-8,13-14,21H2,1H3,(H,30,32). The number of carbonyl (C=O) groups excluding carboxylic acids is 1. The highest BCUT2D eigenvalue weighted by atomic mass is 32.2. The Labute approximate surface area is 212 Å². The summed E-state index contributed by atoms with van der Waals surface area (Å²) in [7, 11) is -2.49. The molecule has 188 valence electrons. The Hall–Kier alpha value is -3.65. The van der Waals surface area contributed by atoms with Crippen molar-refractivity contribution in [2.24, 2.45) is 5.10 Å². The molecule has 8 heteroatoms. The summed E-state index contributed by atoms with van der Waals surface area (Å²) in [5.74, 6) is 0.117. The quantitative estimate of drug-likeness (QED) is 0.322. The molecule has 36 heavy (non-hydrogen) atoms. The van der Waals surface area contributed by atoms with Crippen LogP contribution >= 0.6 is 0 Å². The number of hydrogen-bond acceptors (Lipinski definition) is 5. The zero-order chi connectivity index (χ0) is 25.4. The lowest BCUT2D eigenvalue weighted by atomic mass is 10.1. The molecule has 0 aromatic heterocycles. The molecule has 0 unspecified atom stereocenters. The Morgan fingerprint density at radius 1 is 0.889 bits per heavy atom. The number of rotatable bonds is 8. The van der Waals surface area contributed by atoms with Gasteiger partial charge in [0.15, 0.2) is 0 Å². The number of methoxy groups -OCH3 is 1. The summed E-state index contributed by atoms with van der Waals surface area (Å²) in [5.41, 5.74) is 4.97. The molecule has 0 heterocycles. The molecule has 0 saturated heterocycles. The first-order valence-corrected chi connectivity index (χ1v) is 13.6. The van der Waals surface area contributed by atoms with Crippen LogP contribution in [0, 0.1) is 0 Å². The van der Waals surface area contributed by atoms with E-state index in [2.05, 4.69) is 10.5 Å². The molecule has 0 bridgehead atoms. The SMILES string of the molecule is COc1ccc(S(=O)(=O)N(Cc2ccccc2)c2ccccc2C(=O)NN=C2CCCCCC2)cc1. The summed E-state index contributed by atoms with van der Waals surface area (Å²) in [6.45, 7) is 0.0635. The van der Waals surface area contributed by atoms with Crippen LogP contribution in [0.2, 0.25) is 0 Å². The maximum absolute atomic E-state index is 13.9. The molecule has 1 aliphatic carbocycles. The Balaban J connectivity index is 1.71. The third-order valence-corrected chi connectivity index (χ3v) is 8.00. The molecule has 3 aromatic carbocycles. The van der Waals surface area contributed by atoms with E-state index in [0.717, 1.165) is 37.0 Å². The van der Waals surface area contributed by atoms with Crippen LogP contribution in [0.5, 0.6) is 5.75 Å². The molecular formula is C28H31N3O4S. The lowest BCUT2D eigenvalue weighted by Gasteiger charge is -2.26. The fourth-order valence-electron chi connectivity index (χ4n) is 4.25. The third kappa shape index (κ3) is 6.12. The second-order valence-electron chi connectivity index (χ2n) is 8.72.